The van der Waals surface area contributed by atoms with Gasteiger partial charge in [0.25, 0.3) is 0 Å². The summed E-state index contributed by atoms with van der Waals surface area (Å²) in [6.07, 6.45) is 6.34. The van der Waals surface area contributed by atoms with Gasteiger partial charge in [-0.25, -0.2) is 4.18 Å². The van der Waals surface area contributed by atoms with Gasteiger partial charge in [-0.15, -0.1) is 0 Å². The molecule has 0 unspecified atom stereocenters. The first-order chi connectivity index (χ1) is 7.97. The van der Waals surface area contributed by atoms with E-state index in [1.54, 1.807) is 0 Å². The van der Waals surface area contributed by atoms with E-state index in [-0.39, 0.29) is 13.2 Å². The van der Waals surface area contributed by atoms with E-state index < -0.39 is 10.4 Å². The maximum Gasteiger partial charge on any atom is 0.397 e. The zero-order chi connectivity index (χ0) is 13.6. The highest BCUT2D eigenvalue weighted by Crippen LogP contribution is 2.05. The smallest absolute Gasteiger partial charge is 0.395 e. The van der Waals surface area contributed by atoms with Gasteiger partial charge in [-0.1, -0.05) is 39.0 Å². The van der Waals surface area contributed by atoms with Crippen LogP contribution in [-0.4, -0.2) is 37.8 Å². The summed E-state index contributed by atoms with van der Waals surface area (Å²) in [7, 11) is -4.22. The average molecular weight is 271 g/mol. The maximum atomic E-state index is 10.1. The molecule has 7 heteroatoms. The zero-order valence-corrected chi connectivity index (χ0v) is 11.3. The quantitative estimate of drug-likeness (QED) is 0.428. The van der Waals surface area contributed by atoms with Gasteiger partial charge in [-0.2, -0.15) is 8.42 Å². The molecule has 0 heterocycles. The molecule has 0 amide bonds. The Morgan fingerprint density at radius 3 is 2.00 bits per heavy atom. The van der Waals surface area contributed by atoms with Crippen LogP contribution in [0.3, 0.4) is 0 Å². The van der Waals surface area contributed by atoms with Crippen molar-refractivity contribution < 1.29 is 22.3 Å². The molecule has 17 heavy (non-hydrogen) atoms. The lowest BCUT2D eigenvalue weighted by Gasteiger charge is -2.00. The number of unbranched alkanes of at least 4 members (excludes halogenated alkanes) is 5. The third-order valence-electron chi connectivity index (χ3n) is 1.86. The van der Waals surface area contributed by atoms with Crippen molar-refractivity contribution in [2.75, 3.05) is 19.8 Å². The van der Waals surface area contributed by atoms with E-state index in [9.17, 15) is 8.42 Å². The van der Waals surface area contributed by atoms with Crippen molar-refractivity contribution in [3.63, 3.8) is 0 Å². The van der Waals surface area contributed by atoms with E-state index in [4.69, 9.17) is 15.4 Å². The largest absolute Gasteiger partial charge is 0.397 e. The first-order valence-electron chi connectivity index (χ1n) is 5.90. The normalized spacial score (nSPS) is 10.8. The Kier molecular flexibility index (Phi) is 15.6. The van der Waals surface area contributed by atoms with Crippen LogP contribution in [0.25, 0.3) is 0 Å². The molecule has 0 rings (SSSR count). The van der Waals surface area contributed by atoms with Crippen LogP contribution in [0.15, 0.2) is 0 Å². The molecule has 0 fully saturated rings. The van der Waals surface area contributed by atoms with Gasteiger partial charge >= 0.3 is 10.4 Å². The second-order valence-electron chi connectivity index (χ2n) is 3.53. The van der Waals surface area contributed by atoms with Crippen molar-refractivity contribution in [3.05, 3.63) is 0 Å². The minimum Gasteiger partial charge on any atom is -0.395 e. The second-order valence-corrected chi connectivity index (χ2v) is 4.62. The number of hydrogen-bond donors (Lipinski definition) is 3. The molecule has 0 atom stereocenters. The van der Waals surface area contributed by atoms with E-state index in [0.29, 0.717) is 13.0 Å². The third kappa shape index (κ3) is 25.8. The predicted octanol–water partition coefficient (Wildman–Crippen LogP) is 1.10. The van der Waals surface area contributed by atoms with Crippen LogP contribution in [-0.2, 0) is 14.6 Å². The topological polar surface area (TPSA) is 110 Å². The fourth-order valence-electron chi connectivity index (χ4n) is 1.05. The first-order valence-corrected chi connectivity index (χ1v) is 7.27. The van der Waals surface area contributed by atoms with Gasteiger partial charge in [0.2, 0.25) is 0 Å². The number of hydrogen-bond acceptors (Lipinski definition) is 5. The van der Waals surface area contributed by atoms with Gasteiger partial charge in [-0.3, -0.25) is 4.55 Å². The lowest BCUT2D eigenvalue weighted by Crippen LogP contribution is -2.04. The Hall–Kier alpha value is -0.210. The summed E-state index contributed by atoms with van der Waals surface area (Å²) in [6, 6.07) is 0. The van der Waals surface area contributed by atoms with Gasteiger partial charge < -0.3 is 10.8 Å². The standard InChI is InChI=1S/C8H18O4S.C2H7NO/c1-2-3-4-5-6-7-8-12-13(9,10)11;3-1-2-4/h2-8H2,1H3,(H,9,10,11);4H,1-3H2. The number of aliphatic hydroxyl groups excluding tert-OH is 1. The lowest BCUT2D eigenvalue weighted by molar-refractivity contribution is 0.261. The Bertz CT molecular complexity index is 229. The fourth-order valence-corrected chi connectivity index (χ4v) is 1.38. The highest BCUT2D eigenvalue weighted by molar-refractivity contribution is 7.80. The fraction of sp³-hybridized carbons (Fsp3) is 1.00. The Balaban J connectivity index is 0. The average Bonchev–Trinajstić information content (AvgIpc) is 2.27. The van der Waals surface area contributed by atoms with Gasteiger partial charge in [0.15, 0.2) is 0 Å². The van der Waals surface area contributed by atoms with Crippen LogP contribution in [0.2, 0.25) is 0 Å². The molecule has 0 saturated heterocycles. The molecule has 0 saturated carbocycles. The number of nitrogens with two attached hydrogens (primary N) is 1. The highest BCUT2D eigenvalue weighted by Gasteiger charge is 2.02. The maximum absolute atomic E-state index is 10.1. The van der Waals surface area contributed by atoms with Gasteiger partial charge in [0.1, 0.15) is 0 Å². The van der Waals surface area contributed by atoms with Crippen LogP contribution in [0.5, 0.6) is 0 Å². The monoisotopic (exact) mass is 271 g/mol. The van der Waals surface area contributed by atoms with Crippen LogP contribution in [0, 0.1) is 0 Å². The molecule has 0 aromatic carbocycles. The molecule has 0 spiro atoms. The molecule has 0 aromatic rings. The first kappa shape index (κ1) is 19.1. The van der Waals surface area contributed by atoms with Crippen LogP contribution in [0.4, 0.5) is 0 Å². The van der Waals surface area contributed by atoms with Gasteiger partial charge in [0, 0.05) is 6.54 Å². The predicted molar refractivity (Wildman–Crippen MR) is 67.0 cm³/mol. The summed E-state index contributed by atoms with van der Waals surface area (Å²) in [6.45, 7) is 2.70. The molecular weight excluding hydrogens is 246 g/mol. The lowest BCUT2D eigenvalue weighted by atomic mass is 10.1. The molecular formula is C10H25NO5S. The van der Waals surface area contributed by atoms with Crippen molar-refractivity contribution in [1.82, 2.24) is 0 Å². The van der Waals surface area contributed by atoms with Crippen molar-refractivity contribution in [2.45, 2.75) is 45.4 Å². The van der Waals surface area contributed by atoms with Crippen LogP contribution in [0.1, 0.15) is 45.4 Å². The zero-order valence-electron chi connectivity index (χ0n) is 10.5. The van der Waals surface area contributed by atoms with Crippen molar-refractivity contribution >= 4 is 10.4 Å². The van der Waals surface area contributed by atoms with E-state index in [2.05, 4.69) is 11.1 Å². The third-order valence-corrected chi connectivity index (χ3v) is 2.32. The van der Waals surface area contributed by atoms with Gasteiger partial charge in [-0.05, 0) is 6.42 Å². The molecule has 106 valence electrons. The summed E-state index contributed by atoms with van der Waals surface area (Å²) >= 11 is 0. The molecule has 6 nitrogen and oxygen atoms in total. The van der Waals surface area contributed by atoms with Gasteiger partial charge in [0.05, 0.1) is 13.2 Å². The molecule has 0 radical (unpaired) electrons. The second kappa shape index (κ2) is 13.9. The number of rotatable bonds is 9. The van der Waals surface area contributed by atoms with E-state index in [1.807, 2.05) is 0 Å². The summed E-state index contributed by atoms with van der Waals surface area (Å²) in [4.78, 5) is 0. The Morgan fingerprint density at radius 1 is 1.12 bits per heavy atom. The minimum absolute atomic E-state index is 0.0883. The van der Waals surface area contributed by atoms with Crippen molar-refractivity contribution in [1.29, 1.82) is 0 Å². The minimum atomic E-state index is -4.22. The SMILES string of the molecule is CCCCCCCCOS(=O)(=O)O.NCCO. The van der Waals surface area contributed by atoms with Crippen molar-refractivity contribution in [3.8, 4) is 0 Å². The van der Waals surface area contributed by atoms with Crippen LogP contribution >= 0.6 is 0 Å². The molecule has 0 aliphatic heterocycles. The summed E-state index contributed by atoms with van der Waals surface area (Å²) < 4.78 is 32.6. The molecule has 0 aromatic heterocycles. The Labute approximate surface area is 104 Å². The van der Waals surface area contributed by atoms with Crippen molar-refractivity contribution in [2.24, 2.45) is 5.73 Å². The Morgan fingerprint density at radius 2 is 1.59 bits per heavy atom. The van der Waals surface area contributed by atoms with Crippen LogP contribution < -0.4 is 5.73 Å². The summed E-state index contributed by atoms with van der Waals surface area (Å²) in [5, 5.41) is 7.75. The van der Waals surface area contributed by atoms with E-state index >= 15 is 0 Å². The number of aliphatic hydroxyl groups is 1. The van der Waals surface area contributed by atoms with E-state index in [0.717, 1.165) is 12.8 Å². The molecule has 0 bridgehead atoms. The molecule has 4 N–H and O–H groups in total. The molecule has 0 aliphatic carbocycles. The molecule has 0 aliphatic rings. The van der Waals surface area contributed by atoms with E-state index in [1.165, 1.54) is 19.3 Å². The summed E-state index contributed by atoms with van der Waals surface area (Å²) in [5.41, 5.74) is 4.78. The summed E-state index contributed by atoms with van der Waals surface area (Å²) in [5.74, 6) is 0. The highest BCUT2D eigenvalue weighted by atomic mass is 32.3.